The van der Waals surface area contributed by atoms with Crippen molar-refractivity contribution < 1.29 is 9.18 Å². The predicted molar refractivity (Wildman–Crippen MR) is 127 cm³/mol. The van der Waals surface area contributed by atoms with Crippen molar-refractivity contribution >= 4 is 28.0 Å². The highest BCUT2D eigenvalue weighted by Gasteiger charge is 2.22. The van der Waals surface area contributed by atoms with Gasteiger partial charge in [-0.1, -0.05) is 23.4 Å². The quantitative estimate of drug-likeness (QED) is 0.424. The lowest BCUT2D eigenvalue weighted by atomic mass is 9.93. The topological polar surface area (TPSA) is 85.6 Å². The van der Waals surface area contributed by atoms with Gasteiger partial charge < -0.3 is 5.32 Å². The van der Waals surface area contributed by atoms with Crippen molar-refractivity contribution in [3.05, 3.63) is 83.8 Å². The summed E-state index contributed by atoms with van der Waals surface area (Å²) in [6, 6.07) is 18.3. The average molecular weight is 452 g/mol. The third-order valence-electron chi connectivity index (χ3n) is 6.31. The fraction of sp³-hybridized carbons (Fsp3) is 0.192. The maximum absolute atomic E-state index is 14.8. The summed E-state index contributed by atoms with van der Waals surface area (Å²) in [6.45, 7) is 0.492. The molecular weight excluding hydrogens is 431 g/mol. The number of pyridine rings is 2. The maximum Gasteiger partial charge on any atom is 0.254 e. The van der Waals surface area contributed by atoms with E-state index < -0.39 is 5.82 Å². The van der Waals surface area contributed by atoms with Crippen molar-refractivity contribution in [2.45, 2.75) is 31.8 Å². The summed E-state index contributed by atoms with van der Waals surface area (Å²) in [5, 5.41) is 12.4. The molecule has 0 aliphatic heterocycles. The van der Waals surface area contributed by atoms with Crippen LogP contribution >= 0.6 is 0 Å². The highest BCUT2D eigenvalue weighted by atomic mass is 19.1. The van der Waals surface area contributed by atoms with Crippen LogP contribution in [0.1, 0.15) is 35.2 Å². The normalized spacial score (nSPS) is 13.8. The summed E-state index contributed by atoms with van der Waals surface area (Å²) in [4.78, 5) is 21.4. The molecule has 0 saturated heterocycles. The van der Waals surface area contributed by atoms with Crippen LogP contribution in [0.2, 0.25) is 0 Å². The highest BCUT2D eigenvalue weighted by Crippen LogP contribution is 2.24. The molecule has 8 heteroatoms. The number of fused-ring (bicyclic) bond motifs is 2. The van der Waals surface area contributed by atoms with E-state index in [9.17, 15) is 9.18 Å². The molecule has 3 aromatic heterocycles. The van der Waals surface area contributed by atoms with Crippen molar-refractivity contribution in [3.63, 3.8) is 0 Å². The Kier molecular flexibility index (Phi) is 4.98. The molecule has 168 valence electrons. The lowest BCUT2D eigenvalue weighted by molar-refractivity contribution is 0.0913. The number of carbonyl (C=O) groups excluding carboxylic acids is 1. The Morgan fingerprint density at radius 1 is 1.06 bits per heavy atom. The largest absolute Gasteiger partial charge is 0.349 e. The zero-order valence-electron chi connectivity index (χ0n) is 18.3. The van der Waals surface area contributed by atoms with Gasteiger partial charge in [-0.25, -0.2) is 14.1 Å². The number of carbonyl (C=O) groups is 1. The average Bonchev–Trinajstić information content (AvgIpc) is 3.23. The Morgan fingerprint density at radius 3 is 2.76 bits per heavy atom. The van der Waals surface area contributed by atoms with E-state index in [1.807, 2.05) is 30.3 Å². The van der Waals surface area contributed by atoms with E-state index in [4.69, 9.17) is 4.98 Å². The fourth-order valence-corrected chi connectivity index (χ4v) is 4.19. The minimum Gasteiger partial charge on any atom is -0.349 e. The number of halogens is 1. The molecule has 2 aromatic carbocycles. The lowest BCUT2D eigenvalue weighted by Gasteiger charge is -2.26. The number of hydrogen-bond donors (Lipinski definition) is 1. The van der Waals surface area contributed by atoms with Gasteiger partial charge in [0, 0.05) is 23.2 Å². The van der Waals surface area contributed by atoms with Gasteiger partial charge in [-0.05, 0) is 67.3 Å². The number of nitrogens with zero attached hydrogens (tertiary/aromatic N) is 5. The van der Waals surface area contributed by atoms with Gasteiger partial charge in [-0.15, -0.1) is 5.10 Å². The van der Waals surface area contributed by atoms with Gasteiger partial charge in [0.25, 0.3) is 5.91 Å². The third-order valence-corrected chi connectivity index (χ3v) is 6.31. The Bertz CT molecular complexity index is 1540. The van der Waals surface area contributed by atoms with Gasteiger partial charge in [0.05, 0.1) is 23.3 Å². The van der Waals surface area contributed by atoms with Crippen molar-refractivity contribution in [3.8, 4) is 11.3 Å². The summed E-state index contributed by atoms with van der Waals surface area (Å²) in [7, 11) is 0. The summed E-state index contributed by atoms with van der Waals surface area (Å²) < 4.78 is 16.5. The van der Waals surface area contributed by atoms with Crippen molar-refractivity contribution in [1.82, 2.24) is 30.3 Å². The van der Waals surface area contributed by atoms with Crippen LogP contribution in [-0.2, 0) is 6.54 Å². The van der Waals surface area contributed by atoms with Gasteiger partial charge >= 0.3 is 0 Å². The Hall–Kier alpha value is -4.20. The summed E-state index contributed by atoms with van der Waals surface area (Å²) in [5.74, 6) is -0.933. The van der Waals surface area contributed by atoms with Crippen molar-refractivity contribution in [2.75, 3.05) is 0 Å². The monoisotopic (exact) mass is 452 g/mol. The molecule has 6 rings (SSSR count). The summed E-state index contributed by atoms with van der Waals surface area (Å²) >= 11 is 0. The zero-order chi connectivity index (χ0) is 23.1. The van der Waals surface area contributed by atoms with Gasteiger partial charge in [-0.3, -0.25) is 9.78 Å². The predicted octanol–water partition coefficient (Wildman–Crippen LogP) is 4.51. The molecule has 34 heavy (non-hydrogen) atoms. The Labute approximate surface area is 194 Å². The van der Waals surface area contributed by atoms with E-state index in [2.05, 4.69) is 26.7 Å². The van der Waals surface area contributed by atoms with Crippen LogP contribution in [0.15, 0.2) is 66.9 Å². The minimum atomic E-state index is -0.562. The fourth-order valence-electron chi connectivity index (χ4n) is 4.19. The van der Waals surface area contributed by atoms with Crippen LogP contribution in [0.25, 0.3) is 33.3 Å². The molecule has 1 amide bonds. The van der Waals surface area contributed by atoms with E-state index in [1.54, 1.807) is 23.0 Å². The van der Waals surface area contributed by atoms with Crippen LogP contribution in [0, 0.1) is 5.82 Å². The first-order valence-electron chi connectivity index (χ1n) is 11.3. The molecule has 0 bridgehead atoms. The molecular formula is C26H21FN6O. The molecule has 0 unspecified atom stereocenters. The number of hydrogen-bond acceptors (Lipinski definition) is 5. The maximum atomic E-state index is 14.8. The van der Waals surface area contributed by atoms with E-state index in [0.717, 1.165) is 35.7 Å². The van der Waals surface area contributed by atoms with Gasteiger partial charge in [0.1, 0.15) is 11.3 Å². The van der Waals surface area contributed by atoms with E-state index in [1.165, 1.54) is 12.1 Å². The Morgan fingerprint density at radius 2 is 1.94 bits per heavy atom. The van der Waals surface area contributed by atoms with E-state index in [0.29, 0.717) is 29.0 Å². The minimum absolute atomic E-state index is 0.0502. The molecule has 0 atom stereocenters. The summed E-state index contributed by atoms with van der Waals surface area (Å²) in [6.07, 6.45) is 4.78. The second-order valence-corrected chi connectivity index (χ2v) is 8.61. The molecule has 1 aliphatic rings. The number of rotatable bonds is 5. The van der Waals surface area contributed by atoms with Crippen LogP contribution < -0.4 is 5.32 Å². The van der Waals surface area contributed by atoms with Crippen molar-refractivity contribution in [1.29, 1.82) is 0 Å². The number of nitrogens with one attached hydrogen (secondary N) is 1. The van der Waals surface area contributed by atoms with Crippen LogP contribution in [0.3, 0.4) is 0 Å². The molecule has 1 aliphatic carbocycles. The zero-order valence-corrected chi connectivity index (χ0v) is 18.3. The number of amides is 1. The molecule has 5 aromatic rings. The molecule has 1 fully saturated rings. The van der Waals surface area contributed by atoms with Crippen molar-refractivity contribution in [2.24, 2.45) is 0 Å². The second-order valence-electron chi connectivity index (χ2n) is 8.61. The van der Waals surface area contributed by atoms with Gasteiger partial charge in [0.2, 0.25) is 0 Å². The lowest BCUT2D eigenvalue weighted by Crippen LogP contribution is -2.39. The van der Waals surface area contributed by atoms with Gasteiger partial charge in [0.15, 0.2) is 5.65 Å². The molecule has 7 nitrogen and oxygen atoms in total. The van der Waals surface area contributed by atoms with E-state index >= 15 is 0 Å². The smallest absolute Gasteiger partial charge is 0.254 e. The molecule has 0 radical (unpaired) electrons. The SMILES string of the molecule is O=C(NC1CCC1)c1ccc(-c2ccc3nnn(Cc4ccc5ncccc5c4)c3n2)cc1F. The molecule has 1 saturated carbocycles. The third kappa shape index (κ3) is 3.77. The van der Waals surface area contributed by atoms with E-state index in [-0.39, 0.29) is 17.5 Å². The first kappa shape index (κ1) is 20.4. The molecule has 3 heterocycles. The second kappa shape index (κ2) is 8.30. The first-order valence-corrected chi connectivity index (χ1v) is 11.3. The molecule has 0 spiro atoms. The number of aromatic nitrogens is 5. The van der Waals surface area contributed by atoms with Crippen LogP contribution in [0.4, 0.5) is 4.39 Å². The molecule has 1 N–H and O–H groups in total. The standard InChI is InChI=1S/C26H21FN6O/c27-21-14-18(7-8-20(21)26(34)29-19-4-1-5-19)23-10-11-24-25(30-23)33(32-31-24)15-16-6-9-22-17(13-16)3-2-12-28-22/h2-3,6-14,19H,1,4-5,15H2,(H,29,34). The highest BCUT2D eigenvalue weighted by molar-refractivity contribution is 5.95. The van der Waals surface area contributed by atoms with Crippen LogP contribution in [-0.4, -0.2) is 36.9 Å². The first-order chi connectivity index (χ1) is 16.6. The van der Waals surface area contributed by atoms with Crippen LogP contribution in [0.5, 0.6) is 0 Å². The summed E-state index contributed by atoms with van der Waals surface area (Å²) in [5.41, 5.74) is 4.47. The number of benzene rings is 2. The Balaban J connectivity index is 1.29. The van der Waals surface area contributed by atoms with Gasteiger partial charge in [-0.2, -0.15) is 0 Å².